The molecule has 0 saturated heterocycles. The van der Waals surface area contributed by atoms with E-state index in [2.05, 4.69) is 137 Å². The van der Waals surface area contributed by atoms with Crippen LogP contribution < -0.4 is 9.47 Å². The fourth-order valence-electron chi connectivity index (χ4n) is 7.62. The van der Waals surface area contributed by atoms with Crippen molar-refractivity contribution < 1.29 is 19.7 Å². The van der Waals surface area contributed by atoms with Crippen LogP contribution in [-0.4, -0.2) is 24.4 Å². The maximum absolute atomic E-state index is 10.7. The van der Waals surface area contributed by atoms with Gasteiger partial charge in [-0.05, 0) is 205 Å². The van der Waals surface area contributed by atoms with Crippen molar-refractivity contribution in [2.75, 3.05) is 14.2 Å². The van der Waals surface area contributed by atoms with E-state index < -0.39 is 0 Å². The lowest BCUT2D eigenvalue weighted by Crippen LogP contribution is -1.98. The molecule has 63 heavy (non-hydrogen) atoms. The van der Waals surface area contributed by atoms with Gasteiger partial charge in [0.2, 0.25) is 11.5 Å². The molecule has 0 aliphatic rings. The number of phenolic OH excluding ortho intramolecular Hbond substituents is 2. The fraction of sp³-hybridized carbons (Fsp3) is 0.559. The van der Waals surface area contributed by atoms with Crippen LogP contribution in [0.4, 0.5) is 0 Å². The van der Waals surface area contributed by atoms with E-state index in [1.807, 2.05) is 0 Å². The van der Waals surface area contributed by atoms with Gasteiger partial charge in [0.1, 0.15) is 0 Å². The summed E-state index contributed by atoms with van der Waals surface area (Å²) in [6.45, 7) is 26.5. The average molecular weight is 865 g/mol. The topological polar surface area (TPSA) is 58.9 Å². The Kier molecular flexibility index (Phi) is 30.1. The summed E-state index contributed by atoms with van der Waals surface area (Å²) >= 11 is 0. The quantitative estimate of drug-likeness (QED) is 0.0577. The van der Waals surface area contributed by atoms with Gasteiger partial charge in [-0.1, -0.05) is 116 Å². The number of allylic oxidation sites excluding steroid dienone is 20. The van der Waals surface area contributed by atoms with Crippen molar-refractivity contribution in [2.45, 2.75) is 205 Å². The van der Waals surface area contributed by atoms with E-state index in [0.717, 1.165) is 96.3 Å². The molecule has 0 radical (unpaired) electrons. The Morgan fingerprint density at radius 2 is 0.571 bits per heavy atom. The summed E-state index contributed by atoms with van der Waals surface area (Å²) in [7, 11) is 2.91. The van der Waals surface area contributed by atoms with Crippen LogP contribution in [-0.2, 0) is 6.42 Å². The molecule has 0 amide bonds. The normalized spacial score (nSPS) is 14.2. The highest BCUT2D eigenvalue weighted by atomic mass is 16.5. The molecule has 0 atom stereocenters. The third-order valence-electron chi connectivity index (χ3n) is 12.1. The molecule has 0 saturated carbocycles. The maximum atomic E-state index is 10.7. The van der Waals surface area contributed by atoms with Crippen LogP contribution >= 0.6 is 0 Å². The molecule has 1 rings (SSSR count). The van der Waals surface area contributed by atoms with Crippen LogP contribution in [0.15, 0.2) is 116 Å². The van der Waals surface area contributed by atoms with Crippen molar-refractivity contribution >= 4 is 0 Å². The fourth-order valence-corrected chi connectivity index (χ4v) is 7.62. The van der Waals surface area contributed by atoms with Crippen LogP contribution in [0.2, 0.25) is 0 Å². The number of phenols is 2. The van der Waals surface area contributed by atoms with Crippen LogP contribution in [0.1, 0.15) is 203 Å². The Labute approximate surface area is 388 Å². The van der Waals surface area contributed by atoms with Gasteiger partial charge in [-0.3, -0.25) is 0 Å². The summed E-state index contributed by atoms with van der Waals surface area (Å²) < 4.78 is 10.5. The molecule has 0 heterocycles. The summed E-state index contributed by atoms with van der Waals surface area (Å²) in [6.07, 6.45) is 44.6. The summed E-state index contributed by atoms with van der Waals surface area (Å²) in [5.41, 5.74) is 15.9. The summed E-state index contributed by atoms with van der Waals surface area (Å²) in [5.74, 6) is 0.356. The minimum absolute atomic E-state index is 0.00634. The van der Waals surface area contributed by atoms with E-state index in [1.165, 1.54) is 89.2 Å². The van der Waals surface area contributed by atoms with Gasteiger partial charge in [0.05, 0.1) is 14.2 Å². The van der Waals surface area contributed by atoms with Gasteiger partial charge in [0.15, 0.2) is 11.5 Å². The van der Waals surface area contributed by atoms with Gasteiger partial charge in [-0.15, -0.1) is 0 Å². The monoisotopic (exact) mass is 865 g/mol. The number of methoxy groups -OCH3 is 2. The molecule has 0 fully saturated rings. The SMILES string of the molecule is COc1c(O)c(C)c(C/C=C(\C)CC/C=C(\C)CC/C=C(/C)CC/C=C(\C)CC/C=C(/C)CC/C=C(\C)CC/C=C(/C)CC/C=C(\C)CC/C=C(\C)CCC=C(C)C)c(O)c1OC. The van der Waals surface area contributed by atoms with Crippen LogP contribution in [0.5, 0.6) is 23.0 Å². The predicted octanol–water partition coefficient (Wildman–Crippen LogP) is 18.5. The van der Waals surface area contributed by atoms with Crippen molar-refractivity contribution in [3.8, 4) is 23.0 Å². The van der Waals surface area contributed by atoms with Gasteiger partial charge in [0.25, 0.3) is 0 Å². The summed E-state index contributed by atoms with van der Waals surface area (Å²) in [4.78, 5) is 0. The molecular formula is C59H92O4. The van der Waals surface area contributed by atoms with E-state index in [9.17, 15) is 10.2 Å². The zero-order valence-electron chi connectivity index (χ0n) is 42.9. The standard InChI is InChI=1S/C59H92O4/c1-44(2)24-15-25-45(3)26-16-27-46(4)28-17-29-47(5)30-18-31-48(6)32-19-33-49(7)34-20-35-50(8)36-21-37-51(9)38-22-39-52(10)40-23-41-53(11)42-43-55-54(12)56(60)58(62-13)59(63-14)57(55)61/h24,26,28,30,32,34,36,38,40,42,60-61H,15-23,25,27,29,31,33,35,37,39,41,43H2,1-14H3/b45-26+,46-28+,47-30-,48-32+,49-34-,50-36+,51-38-,52-40+,53-42+. The Balaban J connectivity index is 2.32. The summed E-state index contributed by atoms with van der Waals surface area (Å²) in [6, 6.07) is 0. The molecule has 0 aromatic heterocycles. The number of hydrogen-bond acceptors (Lipinski definition) is 4. The Bertz CT molecular complexity index is 1840. The molecule has 352 valence electrons. The number of hydrogen-bond donors (Lipinski definition) is 2. The van der Waals surface area contributed by atoms with Crippen molar-refractivity contribution in [3.05, 3.63) is 128 Å². The Hall–Kier alpha value is -4.18. The highest BCUT2D eigenvalue weighted by Gasteiger charge is 2.22. The van der Waals surface area contributed by atoms with Gasteiger partial charge in [-0.2, -0.15) is 0 Å². The zero-order chi connectivity index (χ0) is 47.2. The second-order valence-electron chi connectivity index (χ2n) is 18.7. The summed E-state index contributed by atoms with van der Waals surface area (Å²) in [5, 5.41) is 21.3. The van der Waals surface area contributed by atoms with Gasteiger partial charge in [0, 0.05) is 11.1 Å². The van der Waals surface area contributed by atoms with E-state index in [4.69, 9.17) is 9.47 Å². The zero-order valence-corrected chi connectivity index (χ0v) is 42.9. The van der Waals surface area contributed by atoms with Gasteiger partial charge >= 0.3 is 0 Å². The highest BCUT2D eigenvalue weighted by Crippen LogP contribution is 2.48. The molecule has 0 bridgehead atoms. The number of ether oxygens (including phenoxy) is 2. The molecule has 0 unspecified atom stereocenters. The van der Waals surface area contributed by atoms with E-state index in [1.54, 1.807) is 6.92 Å². The van der Waals surface area contributed by atoms with Crippen LogP contribution in [0.3, 0.4) is 0 Å². The third kappa shape index (κ3) is 26.3. The molecule has 1 aromatic rings. The lowest BCUT2D eigenvalue weighted by atomic mass is 9.99. The van der Waals surface area contributed by atoms with Crippen molar-refractivity contribution in [1.29, 1.82) is 0 Å². The van der Waals surface area contributed by atoms with Gasteiger partial charge < -0.3 is 19.7 Å². The molecular weight excluding hydrogens is 773 g/mol. The molecule has 4 heteroatoms. The first-order valence-corrected chi connectivity index (χ1v) is 24.2. The van der Waals surface area contributed by atoms with E-state index in [-0.39, 0.29) is 23.0 Å². The van der Waals surface area contributed by atoms with E-state index >= 15 is 0 Å². The van der Waals surface area contributed by atoms with Crippen molar-refractivity contribution in [3.63, 3.8) is 0 Å². The molecule has 0 spiro atoms. The second-order valence-corrected chi connectivity index (χ2v) is 18.7. The molecule has 0 aliphatic carbocycles. The maximum Gasteiger partial charge on any atom is 0.207 e. The highest BCUT2D eigenvalue weighted by molar-refractivity contribution is 5.66. The predicted molar refractivity (Wildman–Crippen MR) is 278 cm³/mol. The molecule has 4 nitrogen and oxygen atoms in total. The average Bonchev–Trinajstić information content (AvgIpc) is 3.21. The Morgan fingerprint density at radius 1 is 0.349 bits per heavy atom. The van der Waals surface area contributed by atoms with Crippen molar-refractivity contribution in [2.24, 2.45) is 0 Å². The number of rotatable bonds is 31. The first kappa shape index (κ1) is 56.8. The second kappa shape index (κ2) is 33.3. The third-order valence-corrected chi connectivity index (χ3v) is 12.1. The first-order chi connectivity index (χ1) is 30.0. The minimum atomic E-state index is 0.00634. The molecule has 1 aromatic carbocycles. The first-order valence-electron chi connectivity index (χ1n) is 24.2. The largest absolute Gasteiger partial charge is 0.504 e. The Morgan fingerprint density at radius 3 is 0.810 bits per heavy atom. The van der Waals surface area contributed by atoms with Crippen molar-refractivity contribution in [1.82, 2.24) is 0 Å². The number of benzene rings is 1. The minimum Gasteiger partial charge on any atom is -0.504 e. The number of aromatic hydroxyl groups is 2. The molecule has 2 N–H and O–H groups in total. The van der Waals surface area contributed by atoms with E-state index in [0.29, 0.717) is 17.5 Å². The van der Waals surface area contributed by atoms with Crippen LogP contribution in [0.25, 0.3) is 0 Å². The van der Waals surface area contributed by atoms with Crippen LogP contribution in [0, 0.1) is 6.92 Å². The molecule has 0 aliphatic heterocycles. The smallest absolute Gasteiger partial charge is 0.207 e. The lowest BCUT2D eigenvalue weighted by Gasteiger charge is -2.17. The lowest BCUT2D eigenvalue weighted by molar-refractivity contribution is 0.314. The van der Waals surface area contributed by atoms with Gasteiger partial charge in [-0.25, -0.2) is 0 Å².